The molecule has 25 heavy (non-hydrogen) atoms. The zero-order chi connectivity index (χ0) is 18.6. The first-order valence-electron chi connectivity index (χ1n) is 6.84. The molecular formula is C18H10F6O. The van der Waals surface area contributed by atoms with E-state index in [1.165, 1.54) is 18.2 Å². The van der Waals surface area contributed by atoms with Gasteiger partial charge in [0.05, 0.1) is 5.56 Å². The highest BCUT2D eigenvalue weighted by molar-refractivity contribution is 5.46. The van der Waals surface area contributed by atoms with Gasteiger partial charge in [0.1, 0.15) is 35.4 Å². The molecule has 0 amide bonds. The van der Waals surface area contributed by atoms with Gasteiger partial charge in [-0.15, -0.1) is 0 Å². The summed E-state index contributed by atoms with van der Waals surface area (Å²) in [5.41, 5.74) is -2.45. The normalized spacial score (nSPS) is 10.8. The van der Waals surface area contributed by atoms with Crippen LogP contribution in [0.1, 0.15) is 16.7 Å². The second kappa shape index (κ2) is 7.34. The van der Waals surface area contributed by atoms with Crippen LogP contribution in [0.4, 0.5) is 26.3 Å². The summed E-state index contributed by atoms with van der Waals surface area (Å²) in [7, 11) is 0. The minimum absolute atomic E-state index is 0.105. The van der Waals surface area contributed by atoms with Crippen LogP contribution in [0.25, 0.3) is 0 Å². The van der Waals surface area contributed by atoms with Gasteiger partial charge in [0.2, 0.25) is 0 Å². The largest absolute Gasteiger partial charge is 0.489 e. The van der Waals surface area contributed by atoms with Crippen molar-refractivity contribution in [3.05, 3.63) is 77.1 Å². The molecule has 7 heteroatoms. The molecular weight excluding hydrogens is 346 g/mol. The molecule has 0 saturated heterocycles. The lowest BCUT2D eigenvalue weighted by atomic mass is 10.1. The molecule has 0 aliphatic carbocycles. The number of hydrogen-bond donors (Lipinski definition) is 0. The first-order valence-corrected chi connectivity index (χ1v) is 6.84. The maximum absolute atomic E-state index is 13.9. The zero-order valence-electron chi connectivity index (χ0n) is 12.6. The summed E-state index contributed by atoms with van der Waals surface area (Å²) in [4.78, 5) is 0. The summed E-state index contributed by atoms with van der Waals surface area (Å²) in [6.07, 6.45) is -3.69. The topological polar surface area (TPSA) is 9.23 Å². The van der Waals surface area contributed by atoms with Crippen LogP contribution in [0, 0.1) is 29.3 Å². The van der Waals surface area contributed by atoms with Gasteiger partial charge in [-0.2, -0.15) is 13.2 Å². The lowest BCUT2D eigenvalue weighted by Gasteiger charge is -2.09. The Kier molecular flexibility index (Phi) is 5.42. The quantitative estimate of drug-likeness (QED) is 0.423. The minimum Gasteiger partial charge on any atom is -0.489 e. The van der Waals surface area contributed by atoms with Gasteiger partial charge < -0.3 is 4.74 Å². The van der Waals surface area contributed by atoms with E-state index in [1.807, 2.05) is 0 Å². The van der Waals surface area contributed by atoms with Crippen molar-refractivity contribution < 1.29 is 31.1 Å². The maximum Gasteiger partial charge on any atom is 0.422 e. The van der Waals surface area contributed by atoms with E-state index in [4.69, 9.17) is 4.74 Å². The third-order valence-corrected chi connectivity index (χ3v) is 2.98. The van der Waals surface area contributed by atoms with Crippen molar-refractivity contribution >= 4 is 0 Å². The first-order chi connectivity index (χ1) is 11.7. The number of ether oxygens (including phenoxy) is 1. The van der Waals surface area contributed by atoms with Crippen LogP contribution in [0.15, 0.2) is 43.0 Å². The average Bonchev–Trinajstić information content (AvgIpc) is 2.50. The molecule has 0 bridgehead atoms. The smallest absolute Gasteiger partial charge is 0.422 e. The van der Waals surface area contributed by atoms with Crippen molar-refractivity contribution in [2.75, 3.05) is 6.61 Å². The van der Waals surface area contributed by atoms with Gasteiger partial charge >= 0.3 is 6.18 Å². The van der Waals surface area contributed by atoms with Crippen molar-refractivity contribution in [3.8, 4) is 17.6 Å². The standard InChI is InChI=1S/C18H10F6O/c1-2-7-25-13-6-5-12(14(19)10-13)4-3-11-8-15(20)17(16(21)9-11)18(22,23)24/h2,5-6,8-10H,1,7H2. The van der Waals surface area contributed by atoms with Crippen molar-refractivity contribution in [3.63, 3.8) is 0 Å². The average molecular weight is 356 g/mol. The Balaban J connectivity index is 2.31. The molecule has 0 radical (unpaired) electrons. The fraction of sp³-hybridized carbons (Fsp3) is 0.111. The van der Waals surface area contributed by atoms with E-state index in [0.29, 0.717) is 12.1 Å². The Morgan fingerprint density at radius 1 is 0.960 bits per heavy atom. The Bertz CT molecular complexity index is 835. The van der Waals surface area contributed by atoms with Crippen LogP contribution in [0.3, 0.4) is 0 Å². The van der Waals surface area contributed by atoms with E-state index < -0.39 is 29.2 Å². The van der Waals surface area contributed by atoms with Gasteiger partial charge in [-0.25, -0.2) is 13.2 Å². The Hall–Kier alpha value is -2.88. The van der Waals surface area contributed by atoms with E-state index in [2.05, 4.69) is 18.4 Å². The predicted molar refractivity (Wildman–Crippen MR) is 79.4 cm³/mol. The van der Waals surface area contributed by atoms with E-state index >= 15 is 0 Å². The SMILES string of the molecule is C=CCOc1ccc(C#Cc2cc(F)c(C(F)(F)F)c(F)c2)c(F)c1. The van der Waals surface area contributed by atoms with Crippen molar-refractivity contribution in [1.29, 1.82) is 0 Å². The number of benzene rings is 2. The van der Waals surface area contributed by atoms with Gasteiger partial charge in [-0.05, 0) is 24.3 Å². The van der Waals surface area contributed by atoms with Gasteiger partial charge in [0.25, 0.3) is 0 Å². The molecule has 1 nitrogen and oxygen atoms in total. The lowest BCUT2D eigenvalue weighted by molar-refractivity contribution is -0.142. The van der Waals surface area contributed by atoms with Gasteiger partial charge in [0.15, 0.2) is 0 Å². The summed E-state index contributed by atoms with van der Waals surface area (Å²) in [5, 5.41) is 0. The van der Waals surface area contributed by atoms with Crippen LogP contribution in [0.5, 0.6) is 5.75 Å². The van der Waals surface area contributed by atoms with Crippen LogP contribution in [-0.2, 0) is 6.18 Å². The Morgan fingerprint density at radius 2 is 1.60 bits per heavy atom. The van der Waals surface area contributed by atoms with E-state index in [-0.39, 0.29) is 23.5 Å². The van der Waals surface area contributed by atoms with Crippen molar-refractivity contribution in [2.45, 2.75) is 6.18 Å². The molecule has 0 aromatic heterocycles. The zero-order valence-corrected chi connectivity index (χ0v) is 12.6. The molecule has 0 spiro atoms. The maximum atomic E-state index is 13.9. The predicted octanol–water partition coefficient (Wildman–Crippen LogP) is 5.09. The highest BCUT2D eigenvalue weighted by Crippen LogP contribution is 2.33. The van der Waals surface area contributed by atoms with Crippen molar-refractivity contribution in [2.24, 2.45) is 0 Å². The van der Waals surface area contributed by atoms with Gasteiger partial charge in [0, 0.05) is 11.6 Å². The monoisotopic (exact) mass is 356 g/mol. The number of rotatable bonds is 3. The molecule has 0 aliphatic heterocycles. The third kappa shape index (κ3) is 4.57. The Morgan fingerprint density at radius 3 is 2.12 bits per heavy atom. The summed E-state index contributed by atoms with van der Waals surface area (Å²) in [5.74, 6) is 0.450. The molecule has 2 aromatic carbocycles. The second-order valence-electron chi connectivity index (χ2n) is 4.80. The molecule has 0 N–H and O–H groups in total. The number of halogens is 6. The summed E-state index contributed by atoms with van der Waals surface area (Å²) in [6, 6.07) is 4.64. The molecule has 0 heterocycles. The lowest BCUT2D eigenvalue weighted by Crippen LogP contribution is -2.11. The van der Waals surface area contributed by atoms with E-state index in [9.17, 15) is 26.3 Å². The molecule has 2 rings (SSSR count). The second-order valence-corrected chi connectivity index (χ2v) is 4.80. The summed E-state index contributed by atoms with van der Waals surface area (Å²) >= 11 is 0. The third-order valence-electron chi connectivity index (χ3n) is 2.98. The number of hydrogen-bond acceptors (Lipinski definition) is 1. The fourth-order valence-electron chi connectivity index (χ4n) is 1.90. The van der Waals surface area contributed by atoms with E-state index in [1.54, 1.807) is 0 Å². The molecule has 0 fully saturated rings. The molecule has 0 saturated carbocycles. The van der Waals surface area contributed by atoms with Crippen molar-refractivity contribution in [1.82, 2.24) is 0 Å². The van der Waals surface area contributed by atoms with Crippen LogP contribution >= 0.6 is 0 Å². The van der Waals surface area contributed by atoms with Crippen LogP contribution in [-0.4, -0.2) is 6.61 Å². The molecule has 130 valence electrons. The van der Waals surface area contributed by atoms with Crippen LogP contribution in [0.2, 0.25) is 0 Å². The Labute approximate surface area is 139 Å². The number of alkyl halides is 3. The minimum atomic E-state index is -5.16. The highest BCUT2D eigenvalue weighted by atomic mass is 19.4. The van der Waals surface area contributed by atoms with E-state index in [0.717, 1.165) is 6.07 Å². The summed E-state index contributed by atoms with van der Waals surface area (Å²) in [6.45, 7) is 3.62. The molecule has 0 aliphatic rings. The molecule has 2 aromatic rings. The first kappa shape index (κ1) is 18.5. The van der Waals surface area contributed by atoms with Gasteiger partial charge in [-0.1, -0.05) is 24.5 Å². The highest BCUT2D eigenvalue weighted by Gasteiger charge is 2.37. The van der Waals surface area contributed by atoms with Gasteiger partial charge in [-0.3, -0.25) is 0 Å². The summed E-state index contributed by atoms with van der Waals surface area (Å²) < 4.78 is 83.3. The molecule has 0 atom stereocenters. The fourth-order valence-corrected chi connectivity index (χ4v) is 1.90. The molecule has 0 unspecified atom stereocenters. The van der Waals surface area contributed by atoms with Crippen LogP contribution < -0.4 is 4.74 Å².